The Hall–Kier alpha value is -1.65. The predicted molar refractivity (Wildman–Crippen MR) is 84.2 cm³/mol. The number of carbonyl (C=O) groups excluding carboxylic acids is 1. The first-order chi connectivity index (χ1) is 10.2. The lowest BCUT2D eigenvalue weighted by Crippen LogP contribution is -2.24. The van der Waals surface area contributed by atoms with Gasteiger partial charge in [-0.2, -0.15) is 0 Å². The molecular weight excluding hydrogens is 266 g/mol. The first-order valence-corrected chi connectivity index (χ1v) is 7.42. The Bertz CT molecular complexity index is 437. The number of ketones is 1. The first-order valence-electron chi connectivity index (χ1n) is 7.42. The highest BCUT2D eigenvalue weighted by molar-refractivity contribution is 6.04. The summed E-state index contributed by atoms with van der Waals surface area (Å²) in [4.78, 5) is 12.0. The Morgan fingerprint density at radius 1 is 1.19 bits per heavy atom. The maximum Gasteiger partial charge on any atom is 0.187 e. The number of allylic oxidation sites excluding steroid dienone is 2. The lowest BCUT2D eigenvalue weighted by atomic mass is 10.1. The van der Waals surface area contributed by atoms with Crippen molar-refractivity contribution in [2.45, 2.75) is 33.5 Å². The van der Waals surface area contributed by atoms with E-state index in [1.807, 2.05) is 51.1 Å². The largest absolute Gasteiger partial charge is 0.388 e. The smallest absolute Gasteiger partial charge is 0.187 e. The van der Waals surface area contributed by atoms with Crippen LogP contribution in [0.4, 0.5) is 0 Å². The van der Waals surface area contributed by atoms with Crippen molar-refractivity contribution in [1.82, 2.24) is 5.32 Å². The van der Waals surface area contributed by atoms with E-state index in [1.165, 1.54) is 0 Å². The molecule has 0 radical (unpaired) electrons. The van der Waals surface area contributed by atoms with Crippen LogP contribution in [0.25, 0.3) is 0 Å². The van der Waals surface area contributed by atoms with Crippen LogP contribution in [0.15, 0.2) is 42.1 Å². The highest BCUT2D eigenvalue weighted by Gasteiger charge is 2.07. The minimum Gasteiger partial charge on any atom is -0.388 e. The number of nitrogens with one attached hydrogen (secondary N) is 1. The Morgan fingerprint density at radius 2 is 1.81 bits per heavy atom. The number of hydrogen-bond acceptors (Lipinski definition) is 4. The van der Waals surface area contributed by atoms with Gasteiger partial charge < -0.3 is 14.8 Å². The molecule has 1 N–H and O–H groups in total. The van der Waals surface area contributed by atoms with Crippen molar-refractivity contribution in [1.29, 1.82) is 0 Å². The fraction of sp³-hybridized carbons (Fsp3) is 0.471. The summed E-state index contributed by atoms with van der Waals surface area (Å²) < 4.78 is 10.9. The van der Waals surface area contributed by atoms with Gasteiger partial charge in [0.2, 0.25) is 0 Å². The molecular formula is C17H25NO3. The molecule has 116 valence electrons. The second-order valence-corrected chi connectivity index (χ2v) is 4.61. The van der Waals surface area contributed by atoms with Crippen LogP contribution in [0, 0.1) is 0 Å². The van der Waals surface area contributed by atoms with E-state index < -0.39 is 0 Å². The number of rotatable bonds is 10. The Balaban J connectivity index is 2.40. The molecule has 4 nitrogen and oxygen atoms in total. The number of hydrogen-bond donors (Lipinski definition) is 1. The monoisotopic (exact) mass is 291 g/mol. The van der Waals surface area contributed by atoms with Gasteiger partial charge in [-0.05, 0) is 20.8 Å². The van der Waals surface area contributed by atoms with E-state index in [2.05, 4.69) is 5.32 Å². The molecule has 0 amide bonds. The Labute approximate surface area is 127 Å². The molecule has 1 aromatic carbocycles. The van der Waals surface area contributed by atoms with Gasteiger partial charge in [0.1, 0.15) is 0 Å². The van der Waals surface area contributed by atoms with Crippen molar-refractivity contribution in [3.63, 3.8) is 0 Å². The summed E-state index contributed by atoms with van der Waals surface area (Å²) in [6.07, 6.45) is 2.17. The lowest BCUT2D eigenvalue weighted by molar-refractivity contribution is -0.138. The minimum absolute atomic E-state index is 0.00627. The van der Waals surface area contributed by atoms with Gasteiger partial charge >= 0.3 is 0 Å². The molecule has 0 spiro atoms. The van der Waals surface area contributed by atoms with Crippen molar-refractivity contribution in [2.75, 3.05) is 19.8 Å². The summed E-state index contributed by atoms with van der Waals surface area (Å²) in [5.41, 5.74) is 1.54. The standard InChI is InChI=1S/C17H25NO3/c1-4-20-17(21-5-2)11-12-18-14(3)13-16(19)15-9-7-6-8-10-15/h6-10,13,17-18H,4-5,11-12H2,1-3H3/b14-13-. The molecule has 0 saturated heterocycles. The predicted octanol–water partition coefficient (Wildman–Crippen LogP) is 3.15. The van der Waals surface area contributed by atoms with E-state index in [-0.39, 0.29) is 12.1 Å². The second-order valence-electron chi connectivity index (χ2n) is 4.61. The summed E-state index contributed by atoms with van der Waals surface area (Å²) in [6, 6.07) is 9.24. The SMILES string of the molecule is CCOC(CCN/C(C)=C\C(=O)c1ccccc1)OCC. The van der Waals surface area contributed by atoms with Crippen LogP contribution in [0.2, 0.25) is 0 Å². The minimum atomic E-state index is -0.190. The molecule has 0 unspecified atom stereocenters. The van der Waals surface area contributed by atoms with Gasteiger partial charge in [0, 0.05) is 43.5 Å². The van der Waals surface area contributed by atoms with Crippen molar-refractivity contribution >= 4 is 5.78 Å². The normalized spacial score (nSPS) is 11.7. The molecule has 0 aromatic heterocycles. The zero-order chi connectivity index (χ0) is 15.5. The number of carbonyl (C=O) groups is 1. The average molecular weight is 291 g/mol. The van der Waals surface area contributed by atoms with Crippen molar-refractivity contribution in [3.05, 3.63) is 47.7 Å². The number of ether oxygens (including phenoxy) is 2. The van der Waals surface area contributed by atoms with Crippen LogP contribution in [-0.2, 0) is 9.47 Å². The highest BCUT2D eigenvalue weighted by atomic mass is 16.7. The van der Waals surface area contributed by atoms with Crippen molar-refractivity contribution in [3.8, 4) is 0 Å². The van der Waals surface area contributed by atoms with Gasteiger partial charge in [0.25, 0.3) is 0 Å². The van der Waals surface area contributed by atoms with E-state index in [0.29, 0.717) is 25.3 Å². The Kier molecular flexibility index (Phi) is 8.40. The zero-order valence-electron chi connectivity index (χ0n) is 13.1. The zero-order valence-corrected chi connectivity index (χ0v) is 13.1. The Morgan fingerprint density at radius 3 is 2.38 bits per heavy atom. The highest BCUT2D eigenvalue weighted by Crippen LogP contribution is 2.04. The fourth-order valence-corrected chi connectivity index (χ4v) is 1.91. The summed E-state index contributed by atoms with van der Waals surface area (Å²) >= 11 is 0. The molecule has 0 heterocycles. The van der Waals surface area contributed by atoms with Gasteiger partial charge in [-0.15, -0.1) is 0 Å². The molecule has 4 heteroatoms. The summed E-state index contributed by atoms with van der Waals surface area (Å²) in [6.45, 7) is 7.75. The van der Waals surface area contributed by atoms with Gasteiger partial charge in [-0.25, -0.2) is 0 Å². The second kappa shape index (κ2) is 10.1. The topological polar surface area (TPSA) is 47.6 Å². The lowest BCUT2D eigenvalue weighted by Gasteiger charge is -2.17. The van der Waals surface area contributed by atoms with Gasteiger partial charge in [-0.3, -0.25) is 4.79 Å². The third-order valence-corrected chi connectivity index (χ3v) is 2.89. The van der Waals surface area contributed by atoms with Crippen LogP contribution < -0.4 is 5.32 Å². The molecule has 0 bridgehead atoms. The van der Waals surface area contributed by atoms with Gasteiger partial charge in [0.05, 0.1) is 0 Å². The van der Waals surface area contributed by atoms with Crippen LogP contribution in [0.1, 0.15) is 37.6 Å². The maximum absolute atomic E-state index is 12.0. The summed E-state index contributed by atoms with van der Waals surface area (Å²) in [5, 5.41) is 3.21. The quantitative estimate of drug-likeness (QED) is 0.409. The molecule has 0 saturated carbocycles. The van der Waals surface area contributed by atoms with E-state index in [4.69, 9.17) is 9.47 Å². The summed E-state index contributed by atoms with van der Waals surface area (Å²) in [5.74, 6) is 0.00627. The molecule has 1 aromatic rings. The molecule has 0 aliphatic heterocycles. The molecule has 21 heavy (non-hydrogen) atoms. The molecule has 0 atom stereocenters. The van der Waals surface area contributed by atoms with Gasteiger partial charge in [0.15, 0.2) is 12.1 Å². The fourth-order valence-electron chi connectivity index (χ4n) is 1.91. The maximum atomic E-state index is 12.0. The van der Waals surface area contributed by atoms with Crippen LogP contribution in [-0.4, -0.2) is 31.8 Å². The summed E-state index contributed by atoms with van der Waals surface area (Å²) in [7, 11) is 0. The van der Waals surface area contributed by atoms with E-state index in [1.54, 1.807) is 6.08 Å². The molecule has 0 aliphatic carbocycles. The van der Waals surface area contributed by atoms with E-state index in [9.17, 15) is 4.79 Å². The third-order valence-electron chi connectivity index (χ3n) is 2.89. The van der Waals surface area contributed by atoms with Crippen LogP contribution in [0.5, 0.6) is 0 Å². The van der Waals surface area contributed by atoms with E-state index >= 15 is 0 Å². The molecule has 0 fully saturated rings. The first kappa shape index (κ1) is 17.4. The van der Waals surface area contributed by atoms with Crippen molar-refractivity contribution < 1.29 is 14.3 Å². The van der Waals surface area contributed by atoms with E-state index in [0.717, 1.165) is 12.1 Å². The average Bonchev–Trinajstić information content (AvgIpc) is 2.48. The van der Waals surface area contributed by atoms with Crippen LogP contribution >= 0.6 is 0 Å². The van der Waals surface area contributed by atoms with Crippen LogP contribution in [0.3, 0.4) is 0 Å². The van der Waals surface area contributed by atoms with Crippen molar-refractivity contribution in [2.24, 2.45) is 0 Å². The van der Waals surface area contributed by atoms with Gasteiger partial charge in [-0.1, -0.05) is 30.3 Å². The molecule has 0 aliphatic rings. The molecule has 1 rings (SSSR count). The third kappa shape index (κ3) is 7.06. The number of benzene rings is 1.